The van der Waals surface area contributed by atoms with Gasteiger partial charge >= 0.3 is 6.18 Å². The van der Waals surface area contributed by atoms with Crippen molar-refractivity contribution < 1.29 is 22.4 Å². The smallest absolute Gasteiger partial charge is 0.324 e. The van der Waals surface area contributed by atoms with Crippen molar-refractivity contribution >= 4 is 35.0 Å². The minimum atomic E-state index is -4.55. The van der Waals surface area contributed by atoms with Crippen molar-refractivity contribution in [2.24, 2.45) is 7.05 Å². The van der Waals surface area contributed by atoms with E-state index in [-0.39, 0.29) is 22.3 Å². The number of nitrogens with one attached hydrogen (secondary N) is 1. The maximum Gasteiger partial charge on any atom is 0.416 e. The van der Waals surface area contributed by atoms with Gasteiger partial charge in [0.15, 0.2) is 11.0 Å². The van der Waals surface area contributed by atoms with Crippen LogP contribution in [0.15, 0.2) is 47.6 Å². The number of halogens is 5. The van der Waals surface area contributed by atoms with Crippen molar-refractivity contribution in [2.45, 2.75) is 11.3 Å². The Labute approximate surface area is 172 Å². The quantitative estimate of drug-likeness (QED) is 0.443. The molecule has 1 heterocycles. The summed E-state index contributed by atoms with van der Waals surface area (Å²) in [4.78, 5) is 12.2. The van der Waals surface area contributed by atoms with Crippen molar-refractivity contribution in [2.75, 3.05) is 11.1 Å². The lowest BCUT2D eigenvalue weighted by Gasteiger charge is -2.11. The summed E-state index contributed by atoms with van der Waals surface area (Å²) in [5.41, 5.74) is -0.396. The van der Waals surface area contributed by atoms with Crippen LogP contribution in [0.2, 0.25) is 5.02 Å². The third-order valence-corrected chi connectivity index (χ3v) is 5.19. The first-order chi connectivity index (χ1) is 13.6. The lowest BCUT2D eigenvalue weighted by molar-refractivity contribution is -0.137. The number of nitrogens with zero attached hydrogens (tertiary/aromatic N) is 3. The molecular formula is C18H13ClF4N4OS. The van der Waals surface area contributed by atoms with Crippen LogP contribution in [-0.4, -0.2) is 26.4 Å². The van der Waals surface area contributed by atoms with Crippen LogP contribution in [0.1, 0.15) is 5.56 Å². The van der Waals surface area contributed by atoms with Crippen molar-refractivity contribution in [3.63, 3.8) is 0 Å². The van der Waals surface area contributed by atoms with Gasteiger partial charge in [0.05, 0.1) is 22.0 Å². The number of alkyl halides is 3. The second-order valence-corrected chi connectivity index (χ2v) is 7.25. The standard InChI is InChI=1S/C18H13ClF4N4OS/c1-27-16(10-2-5-12(20)6-3-10)25-26-17(27)29-9-15(28)24-14-8-11(18(21,22)23)4-7-13(14)19/h2-8H,9H2,1H3,(H,24,28). The lowest BCUT2D eigenvalue weighted by atomic mass is 10.2. The molecule has 3 rings (SSSR count). The molecule has 0 saturated heterocycles. The highest BCUT2D eigenvalue weighted by molar-refractivity contribution is 7.99. The fourth-order valence-electron chi connectivity index (χ4n) is 2.40. The fourth-order valence-corrected chi connectivity index (χ4v) is 3.28. The van der Waals surface area contributed by atoms with Crippen molar-refractivity contribution in [1.29, 1.82) is 0 Å². The number of rotatable bonds is 5. The van der Waals surface area contributed by atoms with E-state index in [4.69, 9.17) is 11.6 Å². The maximum absolute atomic E-state index is 13.1. The average molecular weight is 445 g/mol. The number of hydrogen-bond donors (Lipinski definition) is 1. The van der Waals surface area contributed by atoms with Gasteiger partial charge in [-0.3, -0.25) is 4.79 Å². The molecule has 0 spiro atoms. The highest BCUT2D eigenvalue weighted by Gasteiger charge is 2.31. The third-order valence-electron chi connectivity index (χ3n) is 3.84. The molecule has 1 amide bonds. The summed E-state index contributed by atoms with van der Waals surface area (Å²) >= 11 is 6.92. The zero-order valence-corrected chi connectivity index (χ0v) is 16.4. The Morgan fingerprint density at radius 2 is 1.86 bits per heavy atom. The van der Waals surface area contributed by atoms with E-state index >= 15 is 0 Å². The van der Waals surface area contributed by atoms with Crippen molar-refractivity contribution in [3.8, 4) is 11.4 Å². The van der Waals surface area contributed by atoms with E-state index in [2.05, 4.69) is 15.5 Å². The first-order valence-electron chi connectivity index (χ1n) is 8.10. The summed E-state index contributed by atoms with van der Waals surface area (Å²) < 4.78 is 53.1. The number of carbonyl (C=O) groups excluding carboxylic acids is 1. The minimum Gasteiger partial charge on any atom is -0.324 e. The van der Waals surface area contributed by atoms with E-state index in [0.29, 0.717) is 16.5 Å². The van der Waals surface area contributed by atoms with E-state index in [0.717, 1.165) is 30.0 Å². The molecule has 5 nitrogen and oxygen atoms in total. The average Bonchev–Trinajstić information content (AvgIpc) is 3.02. The van der Waals surface area contributed by atoms with Crippen LogP contribution in [0.3, 0.4) is 0 Å². The number of hydrogen-bond acceptors (Lipinski definition) is 4. The number of aromatic nitrogens is 3. The molecule has 29 heavy (non-hydrogen) atoms. The van der Waals surface area contributed by atoms with Gasteiger partial charge in [-0.15, -0.1) is 10.2 Å². The van der Waals surface area contributed by atoms with Crippen LogP contribution in [0, 0.1) is 5.82 Å². The second kappa shape index (κ2) is 8.42. The van der Waals surface area contributed by atoms with Crippen LogP contribution in [0.4, 0.5) is 23.2 Å². The monoisotopic (exact) mass is 444 g/mol. The first-order valence-corrected chi connectivity index (χ1v) is 9.46. The molecule has 0 fully saturated rings. The normalized spacial score (nSPS) is 11.5. The van der Waals surface area contributed by atoms with Gasteiger partial charge in [0.25, 0.3) is 0 Å². The Morgan fingerprint density at radius 1 is 1.17 bits per heavy atom. The number of carbonyl (C=O) groups is 1. The Balaban J connectivity index is 1.67. The van der Waals surface area contributed by atoms with E-state index in [1.54, 1.807) is 23.7 Å². The molecule has 0 bridgehead atoms. The summed E-state index contributed by atoms with van der Waals surface area (Å²) in [5.74, 6) is -0.575. The molecule has 1 aromatic heterocycles. The van der Waals surface area contributed by atoms with Gasteiger partial charge in [-0.1, -0.05) is 23.4 Å². The van der Waals surface area contributed by atoms with Gasteiger partial charge in [-0.05, 0) is 42.5 Å². The molecule has 0 unspecified atom stereocenters. The summed E-state index contributed by atoms with van der Waals surface area (Å²) in [6.07, 6.45) is -4.55. The van der Waals surface area contributed by atoms with Crippen LogP contribution in [0.5, 0.6) is 0 Å². The number of amides is 1. The SMILES string of the molecule is Cn1c(SCC(=O)Nc2cc(C(F)(F)F)ccc2Cl)nnc1-c1ccc(F)cc1. The van der Waals surface area contributed by atoms with Crippen molar-refractivity contribution in [1.82, 2.24) is 14.8 Å². The fraction of sp³-hybridized carbons (Fsp3) is 0.167. The van der Waals surface area contributed by atoms with Gasteiger partial charge in [-0.25, -0.2) is 4.39 Å². The van der Waals surface area contributed by atoms with Crippen LogP contribution < -0.4 is 5.32 Å². The van der Waals surface area contributed by atoms with Gasteiger partial charge in [0.2, 0.25) is 5.91 Å². The first kappa shape index (κ1) is 21.1. The molecule has 0 aliphatic heterocycles. The molecule has 0 radical (unpaired) electrons. The Bertz CT molecular complexity index is 1040. The molecule has 3 aromatic rings. The molecule has 1 N–H and O–H groups in total. The summed E-state index contributed by atoms with van der Waals surface area (Å²) in [6.45, 7) is 0. The molecule has 152 valence electrons. The molecule has 11 heteroatoms. The highest BCUT2D eigenvalue weighted by atomic mass is 35.5. The number of anilines is 1. The lowest BCUT2D eigenvalue weighted by Crippen LogP contribution is -2.16. The van der Waals surface area contributed by atoms with Crippen molar-refractivity contribution in [3.05, 3.63) is 58.9 Å². The van der Waals surface area contributed by atoms with E-state index in [9.17, 15) is 22.4 Å². The van der Waals surface area contributed by atoms with Gasteiger partial charge in [0.1, 0.15) is 5.82 Å². The predicted molar refractivity (Wildman–Crippen MR) is 102 cm³/mol. The van der Waals surface area contributed by atoms with E-state index in [1.165, 1.54) is 12.1 Å². The number of thioether (sulfide) groups is 1. The molecule has 0 atom stereocenters. The molecule has 0 aliphatic carbocycles. The van der Waals surface area contributed by atoms with E-state index < -0.39 is 17.6 Å². The van der Waals surface area contributed by atoms with Crippen LogP contribution >= 0.6 is 23.4 Å². The maximum atomic E-state index is 13.1. The zero-order chi connectivity index (χ0) is 21.2. The van der Waals surface area contributed by atoms with Crippen LogP contribution in [-0.2, 0) is 18.0 Å². The van der Waals surface area contributed by atoms with Gasteiger partial charge in [-0.2, -0.15) is 13.2 Å². The zero-order valence-electron chi connectivity index (χ0n) is 14.8. The van der Waals surface area contributed by atoms with Gasteiger partial charge in [0, 0.05) is 12.6 Å². The number of benzene rings is 2. The summed E-state index contributed by atoms with van der Waals surface area (Å²) in [6, 6.07) is 8.38. The second-order valence-electron chi connectivity index (χ2n) is 5.90. The Morgan fingerprint density at radius 3 is 2.52 bits per heavy atom. The molecule has 0 aliphatic rings. The minimum absolute atomic E-state index is 0.00592. The van der Waals surface area contributed by atoms with Gasteiger partial charge < -0.3 is 9.88 Å². The Hall–Kier alpha value is -2.59. The summed E-state index contributed by atoms with van der Waals surface area (Å²) in [7, 11) is 1.68. The van der Waals surface area contributed by atoms with Crippen LogP contribution in [0.25, 0.3) is 11.4 Å². The largest absolute Gasteiger partial charge is 0.416 e. The Kier molecular flexibility index (Phi) is 6.13. The topological polar surface area (TPSA) is 59.8 Å². The predicted octanol–water partition coefficient (Wildman–Crippen LogP) is 5.02. The summed E-state index contributed by atoms with van der Waals surface area (Å²) in [5, 5.41) is 10.8. The van der Waals surface area contributed by atoms with E-state index in [1.807, 2.05) is 0 Å². The molecule has 0 saturated carbocycles. The molecular weight excluding hydrogens is 432 g/mol. The third kappa shape index (κ3) is 5.07. The highest BCUT2D eigenvalue weighted by Crippen LogP contribution is 2.34. The molecule has 2 aromatic carbocycles.